The fourth-order valence-corrected chi connectivity index (χ4v) is 4.90. The summed E-state index contributed by atoms with van der Waals surface area (Å²) in [7, 11) is 0. The third-order valence-electron chi connectivity index (χ3n) is 6.67. The number of fused-ring (bicyclic) bond motifs is 1. The van der Waals surface area contributed by atoms with Crippen molar-refractivity contribution in [1.82, 2.24) is 4.90 Å². The van der Waals surface area contributed by atoms with E-state index in [4.69, 9.17) is 0 Å². The van der Waals surface area contributed by atoms with E-state index in [1.165, 1.54) is 41.5 Å². The fraction of sp³-hybridized carbons (Fsp3) is 0.500. The summed E-state index contributed by atoms with van der Waals surface area (Å²) in [6.45, 7) is 5.21. The Morgan fingerprint density at radius 3 is 2.34 bits per heavy atom. The number of benzene rings is 2. The number of carbonyl (C=O) groups excluding carboxylic acids is 1. The van der Waals surface area contributed by atoms with Crippen molar-refractivity contribution in [3.8, 4) is 0 Å². The van der Waals surface area contributed by atoms with Gasteiger partial charge in [-0.05, 0) is 55.2 Å². The topological polar surface area (TPSA) is 20.3 Å². The molecule has 0 heterocycles. The van der Waals surface area contributed by atoms with Gasteiger partial charge in [-0.15, -0.1) is 0 Å². The average Bonchev–Trinajstić information content (AvgIpc) is 2.83. The highest BCUT2D eigenvalue weighted by Gasteiger charge is 2.29. The maximum atomic E-state index is 13.5. The summed E-state index contributed by atoms with van der Waals surface area (Å²) in [5.74, 6) is 0.328. The number of rotatable bonds is 12. The molecule has 2 nitrogen and oxygen atoms in total. The Labute approximate surface area is 195 Å². The van der Waals surface area contributed by atoms with Crippen LogP contribution in [0.4, 0.5) is 0 Å². The van der Waals surface area contributed by atoms with E-state index in [2.05, 4.69) is 79.4 Å². The van der Waals surface area contributed by atoms with E-state index < -0.39 is 0 Å². The second kappa shape index (κ2) is 13.3. The zero-order chi connectivity index (χ0) is 22.6. The van der Waals surface area contributed by atoms with Crippen LogP contribution in [0.2, 0.25) is 0 Å². The van der Waals surface area contributed by atoms with Gasteiger partial charge < -0.3 is 4.90 Å². The smallest absolute Gasteiger partial charge is 0.223 e. The molecule has 0 spiro atoms. The minimum absolute atomic E-state index is 0.208. The predicted molar refractivity (Wildman–Crippen MR) is 137 cm³/mol. The van der Waals surface area contributed by atoms with Crippen molar-refractivity contribution >= 4 is 12.0 Å². The van der Waals surface area contributed by atoms with Crippen molar-refractivity contribution in [2.75, 3.05) is 6.54 Å². The first-order chi connectivity index (χ1) is 15.7. The van der Waals surface area contributed by atoms with Gasteiger partial charge in [0, 0.05) is 13.0 Å². The molecule has 0 saturated heterocycles. The summed E-state index contributed by atoms with van der Waals surface area (Å²) in [5, 5.41) is 0. The van der Waals surface area contributed by atoms with Crippen molar-refractivity contribution in [2.24, 2.45) is 0 Å². The lowest BCUT2D eigenvalue weighted by Gasteiger charge is -2.37. The summed E-state index contributed by atoms with van der Waals surface area (Å²) in [6, 6.07) is 19.6. The van der Waals surface area contributed by atoms with Crippen LogP contribution >= 0.6 is 0 Å². The predicted octanol–water partition coefficient (Wildman–Crippen LogP) is 8.14. The molecule has 0 aromatic heterocycles. The molecule has 1 aliphatic rings. The quantitative estimate of drug-likeness (QED) is 0.311. The monoisotopic (exact) mass is 431 g/mol. The first-order valence-electron chi connectivity index (χ1n) is 12.8. The van der Waals surface area contributed by atoms with Crippen LogP contribution in [0.1, 0.15) is 101 Å². The van der Waals surface area contributed by atoms with E-state index in [1.807, 2.05) is 0 Å². The number of amides is 1. The van der Waals surface area contributed by atoms with Gasteiger partial charge in [-0.2, -0.15) is 0 Å². The van der Waals surface area contributed by atoms with E-state index in [9.17, 15) is 4.79 Å². The van der Waals surface area contributed by atoms with Gasteiger partial charge in [0.05, 0.1) is 6.04 Å². The molecule has 0 N–H and O–H groups in total. The minimum Gasteiger partial charge on any atom is -0.332 e. The lowest BCUT2D eigenvalue weighted by molar-refractivity contribution is -0.133. The molecule has 32 heavy (non-hydrogen) atoms. The molecular weight excluding hydrogens is 390 g/mol. The van der Waals surface area contributed by atoms with Crippen LogP contribution in [-0.4, -0.2) is 17.4 Å². The van der Waals surface area contributed by atoms with E-state index in [-0.39, 0.29) is 6.04 Å². The molecule has 1 atom stereocenters. The van der Waals surface area contributed by atoms with Gasteiger partial charge in [0.15, 0.2) is 0 Å². The van der Waals surface area contributed by atoms with Gasteiger partial charge in [-0.3, -0.25) is 4.79 Å². The number of unbranched alkanes of at least 4 members (excludes halogenated alkanes) is 4. The summed E-state index contributed by atoms with van der Waals surface area (Å²) in [6.07, 6.45) is 14.3. The highest BCUT2D eigenvalue weighted by Crippen LogP contribution is 2.35. The molecule has 1 amide bonds. The average molecular weight is 432 g/mol. The fourth-order valence-electron chi connectivity index (χ4n) is 4.90. The van der Waals surface area contributed by atoms with Crippen molar-refractivity contribution < 1.29 is 4.79 Å². The van der Waals surface area contributed by atoms with Crippen molar-refractivity contribution in [3.63, 3.8) is 0 Å². The molecule has 2 aromatic rings. The molecule has 172 valence electrons. The molecule has 0 bridgehead atoms. The standard InChI is InChI=1S/C30H41NO/c1-3-5-8-17-26(23-25-15-10-7-11-16-25)24-31(30(32)22-9-6-4-2)29-21-14-19-27-18-12-13-20-28(27)29/h7,10-13,15-16,18,20,23,29H,3-6,8-9,14,17,19,21-22,24H2,1-2H3. The van der Waals surface area contributed by atoms with Gasteiger partial charge in [-0.1, -0.05) is 106 Å². The first kappa shape index (κ1) is 24.3. The highest BCUT2D eigenvalue weighted by molar-refractivity contribution is 5.77. The van der Waals surface area contributed by atoms with Crippen molar-refractivity contribution in [1.29, 1.82) is 0 Å². The molecule has 0 saturated carbocycles. The lowest BCUT2D eigenvalue weighted by Crippen LogP contribution is -2.38. The molecule has 1 unspecified atom stereocenters. The van der Waals surface area contributed by atoms with Crippen LogP contribution in [0.25, 0.3) is 6.08 Å². The van der Waals surface area contributed by atoms with Gasteiger partial charge in [0.1, 0.15) is 0 Å². The Balaban J connectivity index is 1.88. The van der Waals surface area contributed by atoms with Crippen LogP contribution in [0, 0.1) is 0 Å². The minimum atomic E-state index is 0.208. The maximum Gasteiger partial charge on any atom is 0.223 e. The van der Waals surface area contributed by atoms with Crippen LogP contribution in [0.3, 0.4) is 0 Å². The molecule has 0 radical (unpaired) electrons. The first-order valence-corrected chi connectivity index (χ1v) is 12.8. The molecule has 0 aliphatic heterocycles. The molecule has 0 fully saturated rings. The van der Waals surface area contributed by atoms with Crippen LogP contribution in [-0.2, 0) is 11.2 Å². The zero-order valence-corrected chi connectivity index (χ0v) is 20.2. The van der Waals surface area contributed by atoms with Crippen molar-refractivity contribution in [2.45, 2.75) is 90.5 Å². The Hall–Kier alpha value is -2.35. The van der Waals surface area contributed by atoms with Gasteiger partial charge in [-0.25, -0.2) is 0 Å². The van der Waals surface area contributed by atoms with Gasteiger partial charge >= 0.3 is 0 Å². The summed E-state index contributed by atoms with van der Waals surface area (Å²) >= 11 is 0. The largest absolute Gasteiger partial charge is 0.332 e. The Morgan fingerprint density at radius 2 is 1.59 bits per heavy atom. The molecule has 2 aromatic carbocycles. The van der Waals surface area contributed by atoms with E-state index in [0.717, 1.165) is 51.5 Å². The summed E-state index contributed by atoms with van der Waals surface area (Å²) in [4.78, 5) is 15.8. The number of carbonyl (C=O) groups is 1. The Kier molecular flexibility index (Phi) is 10.1. The van der Waals surface area contributed by atoms with E-state index in [0.29, 0.717) is 12.3 Å². The Morgan fingerprint density at radius 1 is 0.906 bits per heavy atom. The van der Waals surface area contributed by atoms with Crippen LogP contribution < -0.4 is 0 Å². The lowest BCUT2D eigenvalue weighted by atomic mass is 9.86. The number of nitrogens with zero attached hydrogens (tertiary/aromatic N) is 1. The SMILES string of the molecule is CCCCCC(=O)N(CC(=Cc1ccccc1)CCCCC)C1CCCc2ccccc21. The highest BCUT2D eigenvalue weighted by atomic mass is 16.2. The normalized spacial score (nSPS) is 15.9. The second-order valence-electron chi connectivity index (χ2n) is 9.26. The second-order valence-corrected chi connectivity index (χ2v) is 9.26. The third-order valence-corrected chi connectivity index (χ3v) is 6.67. The number of hydrogen-bond donors (Lipinski definition) is 0. The van der Waals surface area contributed by atoms with Gasteiger partial charge in [0.2, 0.25) is 5.91 Å². The number of aryl methyl sites for hydroxylation is 1. The van der Waals surface area contributed by atoms with E-state index in [1.54, 1.807) is 0 Å². The summed E-state index contributed by atoms with van der Waals surface area (Å²) in [5.41, 5.74) is 5.42. The van der Waals surface area contributed by atoms with Crippen LogP contribution in [0.5, 0.6) is 0 Å². The summed E-state index contributed by atoms with van der Waals surface area (Å²) < 4.78 is 0. The van der Waals surface area contributed by atoms with Gasteiger partial charge in [0.25, 0.3) is 0 Å². The molecule has 2 heteroatoms. The Bertz CT molecular complexity index is 854. The van der Waals surface area contributed by atoms with Crippen LogP contribution in [0.15, 0.2) is 60.2 Å². The molecule has 1 aliphatic carbocycles. The van der Waals surface area contributed by atoms with E-state index >= 15 is 0 Å². The zero-order valence-electron chi connectivity index (χ0n) is 20.2. The number of hydrogen-bond acceptors (Lipinski definition) is 1. The van der Waals surface area contributed by atoms with Crippen molar-refractivity contribution in [3.05, 3.63) is 76.9 Å². The third kappa shape index (κ3) is 7.08. The molecule has 3 rings (SSSR count). The maximum absolute atomic E-state index is 13.5. The molecular formula is C30H41NO.